The first-order valence-electron chi connectivity index (χ1n) is 9.27. The molecule has 5 heteroatoms. The summed E-state index contributed by atoms with van der Waals surface area (Å²) in [5.74, 6) is -6.36. The van der Waals surface area contributed by atoms with Crippen LogP contribution in [-0.2, 0) is 6.42 Å². The summed E-state index contributed by atoms with van der Waals surface area (Å²) in [5.41, 5.74) is 1.08. The maximum absolute atomic E-state index is 14.9. The fourth-order valence-electron chi connectivity index (χ4n) is 3.58. The molecule has 0 aliphatic heterocycles. The lowest BCUT2D eigenvalue weighted by molar-refractivity contribution is 0.447. The lowest BCUT2D eigenvalue weighted by Crippen LogP contribution is -2.06. The van der Waals surface area contributed by atoms with E-state index in [1.54, 1.807) is 0 Å². The van der Waals surface area contributed by atoms with E-state index in [2.05, 4.69) is 6.92 Å². The summed E-state index contributed by atoms with van der Waals surface area (Å²) in [6.07, 6.45) is 8.28. The Bertz CT molecular complexity index is 860. The molecule has 0 unspecified atom stereocenters. The summed E-state index contributed by atoms with van der Waals surface area (Å²) < 4.78 is 69.6. The topological polar surface area (TPSA) is 0 Å². The fraction of sp³-hybridized carbons (Fsp3) is 0.364. The highest BCUT2D eigenvalue weighted by atomic mass is 19.2. The SMILES string of the molecule is CCCCCCC1=Cc2cc(F)c(-c3cc(F)c(F)c(F)c3)c(F)c2CC1. The molecule has 0 fully saturated rings. The van der Waals surface area contributed by atoms with Crippen molar-refractivity contribution in [3.05, 3.63) is 64.0 Å². The standard InChI is InChI=1S/C22H21F5/c1-2-3-4-5-6-13-7-8-16-14(9-13)10-17(23)20(21(16)26)15-11-18(24)22(27)19(25)12-15/h9-12H,2-8H2,1H3. The molecule has 2 aromatic rings. The van der Waals surface area contributed by atoms with Gasteiger partial charge in [0.15, 0.2) is 17.5 Å². The van der Waals surface area contributed by atoms with Crippen LogP contribution in [0.2, 0.25) is 0 Å². The van der Waals surface area contributed by atoms with Crippen LogP contribution in [0.15, 0.2) is 23.8 Å². The van der Waals surface area contributed by atoms with Crippen molar-refractivity contribution in [2.24, 2.45) is 0 Å². The Morgan fingerprint density at radius 3 is 2.15 bits per heavy atom. The first-order valence-corrected chi connectivity index (χ1v) is 9.27. The predicted octanol–water partition coefficient (Wildman–Crippen LogP) is 7.35. The predicted molar refractivity (Wildman–Crippen MR) is 96.7 cm³/mol. The van der Waals surface area contributed by atoms with E-state index in [4.69, 9.17) is 0 Å². The van der Waals surface area contributed by atoms with Gasteiger partial charge in [-0.1, -0.05) is 37.8 Å². The van der Waals surface area contributed by atoms with Crippen molar-refractivity contribution in [1.82, 2.24) is 0 Å². The van der Waals surface area contributed by atoms with Crippen LogP contribution in [0.5, 0.6) is 0 Å². The van der Waals surface area contributed by atoms with Crippen molar-refractivity contribution < 1.29 is 22.0 Å². The second-order valence-corrected chi connectivity index (χ2v) is 6.98. The van der Waals surface area contributed by atoms with Crippen molar-refractivity contribution in [2.45, 2.75) is 51.9 Å². The normalized spacial score (nSPS) is 13.5. The lowest BCUT2D eigenvalue weighted by Gasteiger charge is -2.20. The molecule has 0 aromatic heterocycles. The van der Waals surface area contributed by atoms with Gasteiger partial charge in [-0.25, -0.2) is 22.0 Å². The highest BCUT2D eigenvalue weighted by Gasteiger charge is 2.23. The molecular weight excluding hydrogens is 359 g/mol. The molecule has 0 heterocycles. The summed E-state index contributed by atoms with van der Waals surface area (Å²) in [4.78, 5) is 0. The van der Waals surface area contributed by atoms with E-state index in [9.17, 15) is 22.0 Å². The fourth-order valence-corrected chi connectivity index (χ4v) is 3.58. The van der Waals surface area contributed by atoms with E-state index in [-0.39, 0.29) is 5.56 Å². The quantitative estimate of drug-likeness (QED) is 0.279. The minimum Gasteiger partial charge on any atom is -0.206 e. The van der Waals surface area contributed by atoms with Crippen LogP contribution in [0.25, 0.3) is 17.2 Å². The molecule has 0 radical (unpaired) electrons. The van der Waals surface area contributed by atoms with Gasteiger partial charge in [0.1, 0.15) is 11.6 Å². The van der Waals surface area contributed by atoms with E-state index in [0.717, 1.165) is 31.3 Å². The summed E-state index contributed by atoms with van der Waals surface area (Å²) in [6, 6.07) is 2.42. The number of unbranched alkanes of at least 4 members (excludes halogenated alkanes) is 3. The number of fused-ring (bicyclic) bond motifs is 1. The number of allylic oxidation sites excluding steroid dienone is 1. The van der Waals surface area contributed by atoms with Gasteiger partial charge in [-0.3, -0.25) is 0 Å². The highest BCUT2D eigenvalue weighted by molar-refractivity contribution is 5.71. The van der Waals surface area contributed by atoms with Crippen LogP contribution in [0.3, 0.4) is 0 Å². The number of halogens is 5. The van der Waals surface area contributed by atoms with E-state index in [0.29, 0.717) is 36.1 Å². The zero-order chi connectivity index (χ0) is 19.6. The number of benzene rings is 2. The van der Waals surface area contributed by atoms with Crippen LogP contribution < -0.4 is 0 Å². The monoisotopic (exact) mass is 380 g/mol. The van der Waals surface area contributed by atoms with E-state index >= 15 is 0 Å². The van der Waals surface area contributed by atoms with Gasteiger partial charge >= 0.3 is 0 Å². The van der Waals surface area contributed by atoms with Gasteiger partial charge < -0.3 is 0 Å². The third-order valence-electron chi connectivity index (χ3n) is 5.03. The molecule has 144 valence electrons. The minimum absolute atomic E-state index is 0.328. The zero-order valence-electron chi connectivity index (χ0n) is 15.1. The molecule has 1 aliphatic rings. The second kappa shape index (κ2) is 8.24. The number of rotatable bonds is 6. The average molecular weight is 380 g/mol. The Kier molecular flexibility index (Phi) is 5.98. The van der Waals surface area contributed by atoms with Gasteiger partial charge in [-0.15, -0.1) is 0 Å². The molecule has 27 heavy (non-hydrogen) atoms. The van der Waals surface area contributed by atoms with Crippen molar-refractivity contribution in [1.29, 1.82) is 0 Å². The van der Waals surface area contributed by atoms with Gasteiger partial charge in [0, 0.05) is 0 Å². The molecule has 0 N–H and O–H groups in total. The van der Waals surface area contributed by atoms with Gasteiger partial charge in [0.05, 0.1) is 5.56 Å². The van der Waals surface area contributed by atoms with Crippen molar-refractivity contribution in [2.75, 3.05) is 0 Å². The molecule has 3 rings (SSSR count). The molecule has 1 aliphatic carbocycles. The minimum atomic E-state index is -1.66. The summed E-state index contributed by atoms with van der Waals surface area (Å²) in [6.45, 7) is 2.14. The van der Waals surface area contributed by atoms with Crippen molar-refractivity contribution in [3.8, 4) is 11.1 Å². The zero-order valence-corrected chi connectivity index (χ0v) is 15.1. The second-order valence-electron chi connectivity index (χ2n) is 6.98. The third-order valence-corrected chi connectivity index (χ3v) is 5.03. The lowest BCUT2D eigenvalue weighted by atomic mass is 9.87. The molecule has 0 bridgehead atoms. The van der Waals surface area contributed by atoms with Crippen LogP contribution >= 0.6 is 0 Å². The van der Waals surface area contributed by atoms with Crippen molar-refractivity contribution >= 4 is 6.08 Å². The van der Waals surface area contributed by atoms with Gasteiger partial charge in [0.2, 0.25) is 0 Å². The maximum Gasteiger partial charge on any atom is 0.194 e. The van der Waals surface area contributed by atoms with Crippen LogP contribution in [0, 0.1) is 29.1 Å². The Balaban J connectivity index is 1.95. The van der Waals surface area contributed by atoms with E-state index < -0.39 is 34.6 Å². The van der Waals surface area contributed by atoms with Crippen LogP contribution in [0.1, 0.15) is 56.6 Å². The molecule has 0 saturated carbocycles. The van der Waals surface area contributed by atoms with Gasteiger partial charge in [0.25, 0.3) is 0 Å². The summed E-state index contributed by atoms with van der Waals surface area (Å²) in [7, 11) is 0. The molecule has 0 atom stereocenters. The van der Waals surface area contributed by atoms with Gasteiger partial charge in [-0.05, 0) is 60.6 Å². The smallest absolute Gasteiger partial charge is 0.194 e. The summed E-state index contributed by atoms with van der Waals surface area (Å²) >= 11 is 0. The molecule has 0 saturated heterocycles. The van der Waals surface area contributed by atoms with Crippen LogP contribution in [0.4, 0.5) is 22.0 Å². The molecule has 2 aromatic carbocycles. The first kappa shape index (κ1) is 19.6. The molecule has 0 spiro atoms. The summed E-state index contributed by atoms with van der Waals surface area (Å²) in [5, 5.41) is 0. The molecule has 0 amide bonds. The third kappa shape index (κ3) is 4.07. The average Bonchev–Trinajstić information content (AvgIpc) is 2.63. The Labute approximate surface area is 155 Å². The van der Waals surface area contributed by atoms with Crippen LogP contribution in [-0.4, -0.2) is 0 Å². The number of hydrogen-bond donors (Lipinski definition) is 0. The van der Waals surface area contributed by atoms with Gasteiger partial charge in [-0.2, -0.15) is 0 Å². The largest absolute Gasteiger partial charge is 0.206 e. The Hall–Kier alpha value is -2.17. The van der Waals surface area contributed by atoms with E-state index in [1.807, 2.05) is 6.08 Å². The Morgan fingerprint density at radius 2 is 1.48 bits per heavy atom. The highest BCUT2D eigenvalue weighted by Crippen LogP contribution is 2.36. The molecular formula is C22H21F5. The Morgan fingerprint density at radius 1 is 0.778 bits per heavy atom. The first-order chi connectivity index (χ1) is 12.9. The number of hydrogen-bond acceptors (Lipinski definition) is 0. The molecule has 0 nitrogen and oxygen atoms in total. The maximum atomic E-state index is 14.9. The van der Waals surface area contributed by atoms with E-state index in [1.165, 1.54) is 12.5 Å². The van der Waals surface area contributed by atoms with Crippen molar-refractivity contribution in [3.63, 3.8) is 0 Å².